The molecule has 0 radical (unpaired) electrons. The van der Waals surface area contributed by atoms with E-state index >= 15 is 0 Å². The smallest absolute Gasteiger partial charge is 0.241 e. The van der Waals surface area contributed by atoms with Crippen LogP contribution in [0.4, 0.5) is 11.9 Å². The first kappa shape index (κ1) is 10.2. The van der Waals surface area contributed by atoms with Gasteiger partial charge in [0.05, 0.1) is 0 Å². The molecule has 15 heavy (non-hydrogen) atoms. The van der Waals surface area contributed by atoms with Crippen molar-refractivity contribution in [1.82, 2.24) is 20.1 Å². The lowest BCUT2D eigenvalue weighted by atomic mass is 9.98. The molecule has 0 atom stereocenters. The summed E-state index contributed by atoms with van der Waals surface area (Å²) in [6.07, 6.45) is 2.45. The van der Waals surface area contributed by atoms with Gasteiger partial charge >= 0.3 is 0 Å². The largest absolute Gasteiger partial charge is 0.366 e. The Morgan fingerprint density at radius 3 is 2.87 bits per heavy atom. The lowest BCUT2D eigenvalue weighted by Gasteiger charge is -2.22. The lowest BCUT2D eigenvalue weighted by Crippen LogP contribution is -2.31. The number of rotatable bonds is 3. The van der Waals surface area contributed by atoms with Crippen molar-refractivity contribution in [3.05, 3.63) is 0 Å². The van der Waals surface area contributed by atoms with Gasteiger partial charge in [-0.05, 0) is 31.8 Å². The molecule has 1 aromatic rings. The van der Waals surface area contributed by atoms with Gasteiger partial charge in [-0.25, -0.2) is 4.68 Å². The fraction of sp³-hybridized carbons (Fsp3) is 0.778. The molecule has 1 saturated heterocycles. The van der Waals surface area contributed by atoms with Gasteiger partial charge in [0.2, 0.25) is 11.9 Å². The van der Waals surface area contributed by atoms with Crippen molar-refractivity contribution in [3.63, 3.8) is 0 Å². The van der Waals surface area contributed by atoms with Gasteiger partial charge in [0, 0.05) is 13.6 Å². The Hall–Kier alpha value is -1.30. The Kier molecular flexibility index (Phi) is 3.05. The first-order valence-corrected chi connectivity index (χ1v) is 5.37. The van der Waals surface area contributed by atoms with E-state index in [9.17, 15) is 0 Å². The zero-order chi connectivity index (χ0) is 10.7. The van der Waals surface area contributed by atoms with Crippen molar-refractivity contribution in [2.45, 2.75) is 12.8 Å². The van der Waals surface area contributed by atoms with Gasteiger partial charge in [0.25, 0.3) is 0 Å². The molecule has 4 N–H and O–H groups in total. The van der Waals surface area contributed by atoms with Gasteiger partial charge < -0.3 is 16.4 Å². The topological polar surface area (TPSA) is 80.8 Å². The van der Waals surface area contributed by atoms with Crippen LogP contribution in [0.5, 0.6) is 0 Å². The van der Waals surface area contributed by atoms with E-state index in [4.69, 9.17) is 5.73 Å². The van der Waals surface area contributed by atoms with Crippen LogP contribution in [0, 0.1) is 5.92 Å². The number of aromatic nitrogens is 3. The highest BCUT2D eigenvalue weighted by atomic mass is 15.4. The lowest BCUT2D eigenvalue weighted by molar-refractivity contribution is 0.389. The molecule has 0 bridgehead atoms. The molecule has 2 rings (SSSR count). The number of hydrogen-bond acceptors (Lipinski definition) is 5. The maximum absolute atomic E-state index is 5.50. The molecular weight excluding hydrogens is 192 g/mol. The van der Waals surface area contributed by atoms with Crippen LogP contribution in [0.15, 0.2) is 0 Å². The molecule has 84 valence electrons. The second-order valence-corrected chi connectivity index (χ2v) is 3.99. The highest BCUT2D eigenvalue weighted by Gasteiger charge is 2.13. The Bertz CT molecular complexity index is 314. The van der Waals surface area contributed by atoms with Crippen LogP contribution in [0.3, 0.4) is 0 Å². The standard InChI is InChI=1S/C9H18N6/c1-15-9(13-8(10)14-15)12-6-7-2-4-11-5-3-7/h7,11H,2-6H2,1H3,(H3,10,12,13,14). The molecule has 0 saturated carbocycles. The highest BCUT2D eigenvalue weighted by molar-refractivity contribution is 5.31. The number of anilines is 2. The van der Waals surface area contributed by atoms with Gasteiger partial charge in [-0.3, -0.25) is 0 Å². The van der Waals surface area contributed by atoms with Gasteiger partial charge in [-0.2, -0.15) is 4.98 Å². The fourth-order valence-electron chi connectivity index (χ4n) is 1.88. The van der Waals surface area contributed by atoms with Crippen molar-refractivity contribution >= 4 is 11.9 Å². The first-order chi connectivity index (χ1) is 7.25. The molecule has 0 amide bonds. The molecule has 0 unspecified atom stereocenters. The Morgan fingerprint density at radius 2 is 2.27 bits per heavy atom. The summed E-state index contributed by atoms with van der Waals surface area (Å²) < 4.78 is 1.68. The summed E-state index contributed by atoms with van der Waals surface area (Å²) in [6, 6.07) is 0. The monoisotopic (exact) mass is 210 g/mol. The van der Waals surface area contributed by atoms with Crippen molar-refractivity contribution in [2.75, 3.05) is 30.7 Å². The Labute approximate surface area is 89.2 Å². The quantitative estimate of drug-likeness (QED) is 0.644. The van der Waals surface area contributed by atoms with E-state index in [1.807, 2.05) is 7.05 Å². The molecule has 1 aromatic heterocycles. The molecular formula is C9H18N6. The summed E-state index contributed by atoms with van der Waals surface area (Å²) >= 11 is 0. The Balaban J connectivity index is 1.84. The summed E-state index contributed by atoms with van der Waals surface area (Å²) in [5.74, 6) is 1.81. The third-order valence-electron chi connectivity index (χ3n) is 2.79. The minimum atomic E-state index is 0.324. The van der Waals surface area contributed by atoms with Crippen LogP contribution in [0.1, 0.15) is 12.8 Å². The number of hydrogen-bond donors (Lipinski definition) is 3. The molecule has 2 heterocycles. The van der Waals surface area contributed by atoms with E-state index in [0.717, 1.165) is 31.5 Å². The summed E-state index contributed by atoms with van der Waals surface area (Å²) in [7, 11) is 1.84. The molecule has 1 aliphatic rings. The molecule has 0 spiro atoms. The number of nitrogen functional groups attached to an aromatic ring is 1. The van der Waals surface area contributed by atoms with E-state index < -0.39 is 0 Å². The van der Waals surface area contributed by atoms with E-state index in [-0.39, 0.29) is 0 Å². The SMILES string of the molecule is Cn1nc(N)nc1NCC1CCNCC1. The van der Waals surface area contributed by atoms with Gasteiger partial charge in [-0.1, -0.05) is 0 Å². The van der Waals surface area contributed by atoms with Gasteiger partial charge in [0.15, 0.2) is 0 Å². The summed E-state index contributed by atoms with van der Waals surface area (Å²) in [5.41, 5.74) is 5.50. The number of nitrogens with zero attached hydrogens (tertiary/aromatic N) is 3. The fourth-order valence-corrected chi connectivity index (χ4v) is 1.88. The molecule has 0 aliphatic carbocycles. The third kappa shape index (κ3) is 2.59. The van der Waals surface area contributed by atoms with Crippen molar-refractivity contribution < 1.29 is 0 Å². The minimum Gasteiger partial charge on any atom is -0.366 e. The maximum Gasteiger partial charge on any atom is 0.241 e. The molecule has 6 heteroatoms. The van der Waals surface area contributed by atoms with Gasteiger partial charge in [0.1, 0.15) is 0 Å². The normalized spacial score (nSPS) is 17.9. The van der Waals surface area contributed by atoms with E-state index in [1.165, 1.54) is 12.8 Å². The molecule has 6 nitrogen and oxygen atoms in total. The summed E-state index contributed by atoms with van der Waals surface area (Å²) in [4.78, 5) is 4.10. The zero-order valence-corrected chi connectivity index (χ0v) is 9.03. The van der Waals surface area contributed by atoms with E-state index in [2.05, 4.69) is 20.7 Å². The van der Waals surface area contributed by atoms with Crippen LogP contribution in [-0.4, -0.2) is 34.4 Å². The molecule has 0 aromatic carbocycles. The van der Waals surface area contributed by atoms with Crippen molar-refractivity contribution in [3.8, 4) is 0 Å². The second kappa shape index (κ2) is 4.48. The van der Waals surface area contributed by atoms with Crippen LogP contribution in [0.2, 0.25) is 0 Å². The minimum absolute atomic E-state index is 0.324. The van der Waals surface area contributed by atoms with Crippen molar-refractivity contribution in [1.29, 1.82) is 0 Å². The number of nitrogens with two attached hydrogens (primary N) is 1. The van der Waals surface area contributed by atoms with E-state index in [0.29, 0.717) is 5.95 Å². The van der Waals surface area contributed by atoms with Gasteiger partial charge in [-0.15, -0.1) is 5.10 Å². The van der Waals surface area contributed by atoms with Crippen LogP contribution >= 0.6 is 0 Å². The average molecular weight is 210 g/mol. The number of piperidine rings is 1. The van der Waals surface area contributed by atoms with E-state index in [1.54, 1.807) is 4.68 Å². The van der Waals surface area contributed by atoms with Crippen LogP contribution < -0.4 is 16.4 Å². The predicted molar refractivity (Wildman–Crippen MR) is 59.5 cm³/mol. The van der Waals surface area contributed by atoms with Crippen LogP contribution in [-0.2, 0) is 7.05 Å². The van der Waals surface area contributed by atoms with Crippen LogP contribution in [0.25, 0.3) is 0 Å². The number of aryl methyl sites for hydroxylation is 1. The molecule has 1 aliphatic heterocycles. The predicted octanol–water partition coefficient (Wildman–Crippen LogP) is -0.191. The van der Waals surface area contributed by atoms with Crippen molar-refractivity contribution in [2.24, 2.45) is 13.0 Å². The third-order valence-corrected chi connectivity index (χ3v) is 2.79. The Morgan fingerprint density at radius 1 is 1.53 bits per heavy atom. The summed E-state index contributed by atoms with van der Waals surface area (Å²) in [5, 5.41) is 10.6. The zero-order valence-electron chi connectivity index (χ0n) is 9.03. The second-order valence-electron chi connectivity index (χ2n) is 3.99. The number of nitrogens with one attached hydrogen (secondary N) is 2. The molecule has 1 fully saturated rings. The summed E-state index contributed by atoms with van der Waals surface area (Å²) in [6.45, 7) is 3.19. The first-order valence-electron chi connectivity index (χ1n) is 5.37. The maximum atomic E-state index is 5.50. The average Bonchev–Trinajstić information content (AvgIpc) is 2.56. The highest BCUT2D eigenvalue weighted by Crippen LogP contribution is 2.12.